The van der Waals surface area contributed by atoms with Crippen molar-refractivity contribution < 1.29 is 0 Å². The molecule has 5 heteroatoms. The number of benzene rings is 1. The number of guanidine groups is 1. The lowest BCUT2D eigenvalue weighted by molar-refractivity contribution is 0.283. The van der Waals surface area contributed by atoms with Gasteiger partial charge < -0.3 is 20.4 Å². The van der Waals surface area contributed by atoms with Gasteiger partial charge in [-0.25, -0.2) is 0 Å². The van der Waals surface area contributed by atoms with Crippen LogP contribution in [-0.4, -0.2) is 75.2 Å². The maximum Gasteiger partial charge on any atom is 0.191 e. The molecule has 134 valence electrons. The first kappa shape index (κ1) is 18.7. The topological polar surface area (TPSA) is 42.9 Å². The average Bonchev–Trinajstić information content (AvgIpc) is 2.80. The van der Waals surface area contributed by atoms with Crippen LogP contribution in [0.4, 0.5) is 0 Å². The third-order valence-electron chi connectivity index (χ3n) is 4.39. The smallest absolute Gasteiger partial charge is 0.191 e. The molecule has 1 aromatic rings. The summed E-state index contributed by atoms with van der Waals surface area (Å²) in [6.07, 6.45) is 2.28. The Labute approximate surface area is 147 Å². The molecular weight excluding hydrogens is 298 g/mol. The Morgan fingerprint density at radius 3 is 2.71 bits per heavy atom. The van der Waals surface area contributed by atoms with Crippen LogP contribution >= 0.6 is 0 Å². The van der Waals surface area contributed by atoms with Crippen LogP contribution in [0, 0.1) is 0 Å². The Kier molecular flexibility index (Phi) is 8.63. The molecule has 1 heterocycles. The first-order chi connectivity index (χ1) is 11.8. The number of rotatable bonds is 7. The maximum absolute atomic E-state index is 4.73. The fraction of sp³-hybridized carbons (Fsp3) is 0.632. The summed E-state index contributed by atoms with van der Waals surface area (Å²) in [5.41, 5.74) is 1.36. The highest BCUT2D eigenvalue weighted by molar-refractivity contribution is 5.79. The van der Waals surface area contributed by atoms with Crippen molar-refractivity contribution in [2.45, 2.75) is 19.8 Å². The Bertz CT molecular complexity index is 474. The zero-order valence-corrected chi connectivity index (χ0v) is 15.3. The highest BCUT2D eigenvalue weighted by atomic mass is 15.2. The summed E-state index contributed by atoms with van der Waals surface area (Å²) in [5, 5.41) is 6.78. The van der Waals surface area contributed by atoms with E-state index in [1.165, 1.54) is 31.6 Å². The second kappa shape index (κ2) is 11.0. The van der Waals surface area contributed by atoms with Crippen LogP contribution in [0.25, 0.3) is 0 Å². The molecule has 0 atom stereocenters. The van der Waals surface area contributed by atoms with Gasteiger partial charge >= 0.3 is 0 Å². The molecule has 2 N–H and O–H groups in total. The molecule has 2 rings (SSSR count). The Hall–Kier alpha value is -1.59. The standard InChI is InChI=1S/C19H33N5/c1-3-20-19(21-11-10-18-8-5-4-6-9-18)22-12-15-24-14-7-13-23(2)16-17-24/h4-6,8-9H,3,7,10-17H2,1-2H3,(H2,20,21,22). The minimum absolute atomic E-state index is 0.852. The molecular formula is C19H33N5. The second-order valence-corrected chi connectivity index (χ2v) is 6.42. The number of nitrogens with one attached hydrogen (secondary N) is 2. The van der Waals surface area contributed by atoms with Gasteiger partial charge in [0.2, 0.25) is 0 Å². The van der Waals surface area contributed by atoms with Crippen molar-refractivity contribution >= 4 is 5.96 Å². The molecule has 0 spiro atoms. The third-order valence-corrected chi connectivity index (χ3v) is 4.39. The van der Waals surface area contributed by atoms with E-state index in [1.807, 2.05) is 0 Å². The maximum atomic E-state index is 4.73. The summed E-state index contributed by atoms with van der Waals surface area (Å²) >= 11 is 0. The molecule has 0 bridgehead atoms. The lowest BCUT2D eigenvalue weighted by Gasteiger charge is -2.19. The van der Waals surface area contributed by atoms with Gasteiger partial charge in [-0.05, 0) is 45.5 Å². The number of likely N-dealkylation sites (N-methyl/N-ethyl adjacent to an activating group) is 1. The summed E-state index contributed by atoms with van der Waals surface area (Å²) in [5.74, 6) is 0.931. The lowest BCUT2D eigenvalue weighted by Crippen LogP contribution is -2.39. The predicted octanol–water partition coefficient (Wildman–Crippen LogP) is 1.42. The summed E-state index contributed by atoms with van der Waals surface area (Å²) in [7, 11) is 2.21. The summed E-state index contributed by atoms with van der Waals surface area (Å²) in [6.45, 7) is 10.5. The number of nitrogens with zero attached hydrogens (tertiary/aromatic N) is 3. The van der Waals surface area contributed by atoms with Crippen LogP contribution in [0.5, 0.6) is 0 Å². The molecule has 5 nitrogen and oxygen atoms in total. The third kappa shape index (κ3) is 7.32. The summed E-state index contributed by atoms with van der Waals surface area (Å²) in [6, 6.07) is 10.6. The van der Waals surface area contributed by atoms with Crippen molar-refractivity contribution in [3.05, 3.63) is 35.9 Å². The van der Waals surface area contributed by atoms with Crippen molar-refractivity contribution in [1.82, 2.24) is 20.4 Å². The number of aliphatic imine (C=N–C) groups is 1. The predicted molar refractivity (Wildman–Crippen MR) is 103 cm³/mol. The van der Waals surface area contributed by atoms with Crippen molar-refractivity contribution in [2.24, 2.45) is 4.99 Å². The van der Waals surface area contributed by atoms with E-state index < -0.39 is 0 Å². The van der Waals surface area contributed by atoms with E-state index in [0.717, 1.165) is 45.1 Å². The van der Waals surface area contributed by atoms with Gasteiger partial charge in [0, 0.05) is 32.7 Å². The van der Waals surface area contributed by atoms with Crippen molar-refractivity contribution in [3.8, 4) is 0 Å². The van der Waals surface area contributed by atoms with Crippen LogP contribution in [0.1, 0.15) is 18.9 Å². The van der Waals surface area contributed by atoms with Gasteiger partial charge in [-0.15, -0.1) is 0 Å². The minimum atomic E-state index is 0.852. The van der Waals surface area contributed by atoms with E-state index in [1.54, 1.807) is 0 Å². The molecule has 0 aliphatic carbocycles. The molecule has 0 radical (unpaired) electrons. The Balaban J connectivity index is 1.71. The zero-order valence-electron chi connectivity index (χ0n) is 15.3. The number of hydrogen-bond acceptors (Lipinski definition) is 3. The van der Waals surface area contributed by atoms with Crippen LogP contribution in [-0.2, 0) is 6.42 Å². The second-order valence-electron chi connectivity index (χ2n) is 6.42. The van der Waals surface area contributed by atoms with Gasteiger partial charge in [0.25, 0.3) is 0 Å². The Morgan fingerprint density at radius 1 is 1.08 bits per heavy atom. The quantitative estimate of drug-likeness (QED) is 0.586. The van der Waals surface area contributed by atoms with Gasteiger partial charge in [-0.2, -0.15) is 0 Å². The van der Waals surface area contributed by atoms with Crippen LogP contribution in [0.15, 0.2) is 35.3 Å². The van der Waals surface area contributed by atoms with Crippen molar-refractivity contribution in [2.75, 3.05) is 59.4 Å². The monoisotopic (exact) mass is 331 g/mol. The van der Waals surface area contributed by atoms with Crippen molar-refractivity contribution in [3.63, 3.8) is 0 Å². The average molecular weight is 332 g/mol. The first-order valence-electron chi connectivity index (χ1n) is 9.25. The van der Waals surface area contributed by atoms with Crippen LogP contribution in [0.3, 0.4) is 0 Å². The van der Waals surface area contributed by atoms with Gasteiger partial charge in [0.15, 0.2) is 5.96 Å². The molecule has 0 amide bonds. The fourth-order valence-electron chi connectivity index (χ4n) is 2.94. The number of hydrogen-bond donors (Lipinski definition) is 2. The Morgan fingerprint density at radius 2 is 1.92 bits per heavy atom. The normalized spacial score (nSPS) is 17.5. The van der Waals surface area contributed by atoms with E-state index >= 15 is 0 Å². The first-order valence-corrected chi connectivity index (χ1v) is 9.25. The van der Waals surface area contributed by atoms with E-state index in [0.29, 0.717) is 0 Å². The molecule has 1 aromatic carbocycles. The molecule has 0 unspecified atom stereocenters. The molecule has 24 heavy (non-hydrogen) atoms. The van der Waals surface area contributed by atoms with Gasteiger partial charge in [-0.1, -0.05) is 30.3 Å². The van der Waals surface area contributed by atoms with E-state index in [9.17, 15) is 0 Å². The molecule has 0 saturated carbocycles. The van der Waals surface area contributed by atoms with E-state index in [4.69, 9.17) is 4.99 Å². The highest BCUT2D eigenvalue weighted by Crippen LogP contribution is 2.00. The molecule has 1 aliphatic heterocycles. The van der Waals surface area contributed by atoms with Gasteiger partial charge in [0.05, 0.1) is 6.54 Å². The van der Waals surface area contributed by atoms with E-state index in [2.05, 4.69) is 64.7 Å². The lowest BCUT2D eigenvalue weighted by atomic mass is 10.1. The fourth-order valence-corrected chi connectivity index (χ4v) is 2.94. The molecule has 1 fully saturated rings. The van der Waals surface area contributed by atoms with Gasteiger partial charge in [0.1, 0.15) is 0 Å². The minimum Gasteiger partial charge on any atom is -0.357 e. The van der Waals surface area contributed by atoms with Gasteiger partial charge in [-0.3, -0.25) is 4.99 Å². The largest absolute Gasteiger partial charge is 0.357 e. The van der Waals surface area contributed by atoms with Crippen molar-refractivity contribution in [1.29, 1.82) is 0 Å². The zero-order chi connectivity index (χ0) is 17.0. The summed E-state index contributed by atoms with van der Waals surface area (Å²) < 4.78 is 0. The highest BCUT2D eigenvalue weighted by Gasteiger charge is 2.11. The van der Waals surface area contributed by atoms with E-state index in [-0.39, 0.29) is 0 Å². The van der Waals surface area contributed by atoms with Crippen LogP contribution in [0.2, 0.25) is 0 Å². The summed E-state index contributed by atoms with van der Waals surface area (Å²) in [4.78, 5) is 9.67. The SMILES string of the molecule is CCNC(=NCCN1CCCN(C)CC1)NCCc1ccccc1. The molecule has 0 aromatic heterocycles. The molecule has 1 saturated heterocycles. The molecule has 1 aliphatic rings. The van der Waals surface area contributed by atoms with Crippen LogP contribution < -0.4 is 10.6 Å².